The molecule has 0 saturated carbocycles. The first-order valence-corrected chi connectivity index (χ1v) is 7.15. The van der Waals surface area contributed by atoms with Crippen molar-refractivity contribution in [2.24, 2.45) is 11.7 Å². The summed E-state index contributed by atoms with van der Waals surface area (Å²) >= 11 is 0. The molecule has 0 aromatic heterocycles. The maximum absolute atomic E-state index is 6.37. The Bertz CT molecular complexity index is 391. The Hall–Kier alpha value is -0.900. The summed E-state index contributed by atoms with van der Waals surface area (Å²) in [5, 5.41) is 0. The minimum Gasteiger partial charge on any atom is -0.373 e. The number of benzene rings is 1. The highest BCUT2D eigenvalue weighted by Crippen LogP contribution is 2.23. The number of rotatable bonds is 4. The molecule has 1 fully saturated rings. The first-order valence-electron chi connectivity index (χ1n) is 7.15. The predicted octanol–water partition coefficient (Wildman–Crippen LogP) is 2.43. The van der Waals surface area contributed by atoms with Gasteiger partial charge in [-0.05, 0) is 25.3 Å². The average molecular weight is 262 g/mol. The van der Waals surface area contributed by atoms with E-state index in [1.165, 1.54) is 5.56 Å². The van der Waals surface area contributed by atoms with Gasteiger partial charge in [0.2, 0.25) is 0 Å². The van der Waals surface area contributed by atoms with E-state index >= 15 is 0 Å². The topological polar surface area (TPSA) is 38.5 Å². The minimum absolute atomic E-state index is 0.0329. The Balaban J connectivity index is 1.92. The van der Waals surface area contributed by atoms with Crippen molar-refractivity contribution in [3.05, 3.63) is 35.9 Å². The Morgan fingerprint density at radius 3 is 2.63 bits per heavy atom. The van der Waals surface area contributed by atoms with Gasteiger partial charge in [0.1, 0.15) is 0 Å². The van der Waals surface area contributed by atoms with Crippen LogP contribution < -0.4 is 5.73 Å². The average Bonchev–Trinajstić information content (AvgIpc) is 2.37. The summed E-state index contributed by atoms with van der Waals surface area (Å²) in [7, 11) is 0. The molecule has 1 aliphatic rings. The van der Waals surface area contributed by atoms with Crippen LogP contribution in [0.5, 0.6) is 0 Å². The third-order valence-corrected chi connectivity index (χ3v) is 3.85. The number of nitrogens with zero attached hydrogens (tertiary/aromatic N) is 1. The van der Waals surface area contributed by atoms with E-state index in [4.69, 9.17) is 10.5 Å². The molecule has 0 spiro atoms. The van der Waals surface area contributed by atoms with Crippen molar-refractivity contribution in [1.82, 2.24) is 4.90 Å². The summed E-state index contributed by atoms with van der Waals surface area (Å²) < 4.78 is 5.75. The second-order valence-electron chi connectivity index (χ2n) is 6.26. The Labute approximate surface area is 116 Å². The van der Waals surface area contributed by atoms with Crippen molar-refractivity contribution in [1.29, 1.82) is 0 Å². The van der Waals surface area contributed by atoms with Crippen LogP contribution >= 0.6 is 0 Å². The molecular weight excluding hydrogens is 236 g/mol. The largest absolute Gasteiger partial charge is 0.373 e. The Morgan fingerprint density at radius 2 is 2.00 bits per heavy atom. The lowest BCUT2D eigenvalue weighted by Gasteiger charge is -2.40. The van der Waals surface area contributed by atoms with E-state index in [1.807, 2.05) is 6.07 Å². The number of ether oxygens (including phenoxy) is 1. The Kier molecular flexibility index (Phi) is 4.61. The normalized spacial score (nSPS) is 22.9. The number of hydrogen-bond donors (Lipinski definition) is 1. The summed E-state index contributed by atoms with van der Waals surface area (Å²) in [6, 6.07) is 10.5. The highest BCUT2D eigenvalue weighted by atomic mass is 16.5. The molecule has 0 aliphatic carbocycles. The molecule has 3 nitrogen and oxygen atoms in total. The maximum Gasteiger partial charge on any atom is 0.0753 e. The molecule has 3 heteroatoms. The van der Waals surface area contributed by atoms with Crippen molar-refractivity contribution < 1.29 is 4.74 Å². The molecule has 1 aliphatic heterocycles. The lowest BCUT2D eigenvalue weighted by atomic mass is 9.94. The second-order valence-corrected chi connectivity index (χ2v) is 6.26. The molecule has 0 radical (unpaired) electrons. The Morgan fingerprint density at radius 1 is 1.32 bits per heavy atom. The molecule has 19 heavy (non-hydrogen) atoms. The van der Waals surface area contributed by atoms with Gasteiger partial charge >= 0.3 is 0 Å². The molecule has 1 aromatic carbocycles. The van der Waals surface area contributed by atoms with Crippen LogP contribution in [-0.2, 0) is 4.74 Å². The van der Waals surface area contributed by atoms with Crippen molar-refractivity contribution in [2.75, 3.05) is 26.2 Å². The molecule has 0 amide bonds. The summed E-state index contributed by atoms with van der Waals surface area (Å²) in [4.78, 5) is 2.47. The van der Waals surface area contributed by atoms with Gasteiger partial charge in [0.05, 0.1) is 12.2 Å². The number of nitrogens with two attached hydrogens (primary N) is 1. The van der Waals surface area contributed by atoms with E-state index in [2.05, 4.69) is 49.9 Å². The summed E-state index contributed by atoms with van der Waals surface area (Å²) in [6.07, 6.45) is 0. The van der Waals surface area contributed by atoms with Gasteiger partial charge in [-0.25, -0.2) is 0 Å². The molecule has 1 saturated heterocycles. The third kappa shape index (κ3) is 4.03. The van der Waals surface area contributed by atoms with Crippen LogP contribution in [0.15, 0.2) is 30.3 Å². The zero-order valence-corrected chi connectivity index (χ0v) is 12.3. The van der Waals surface area contributed by atoms with Gasteiger partial charge in [-0.15, -0.1) is 0 Å². The van der Waals surface area contributed by atoms with Crippen LogP contribution in [0.1, 0.15) is 32.4 Å². The molecule has 1 aromatic rings. The lowest BCUT2D eigenvalue weighted by molar-refractivity contribution is -0.0891. The standard InChI is InChI=1S/C16H26N2O/c1-13(15(17)14-7-5-4-6-8-14)11-18-9-10-19-16(2,3)12-18/h4-8,13,15H,9-12,17H2,1-3H3. The van der Waals surface area contributed by atoms with Crippen molar-refractivity contribution in [2.45, 2.75) is 32.4 Å². The monoisotopic (exact) mass is 262 g/mol. The van der Waals surface area contributed by atoms with E-state index in [-0.39, 0.29) is 11.6 Å². The van der Waals surface area contributed by atoms with E-state index in [0.29, 0.717) is 5.92 Å². The lowest BCUT2D eigenvalue weighted by Crippen LogP contribution is -2.50. The fourth-order valence-electron chi connectivity index (χ4n) is 2.79. The SMILES string of the molecule is CC(CN1CCOC(C)(C)C1)C(N)c1ccccc1. The van der Waals surface area contributed by atoms with Crippen LogP contribution in [0.3, 0.4) is 0 Å². The van der Waals surface area contributed by atoms with Crippen molar-refractivity contribution in [3.8, 4) is 0 Å². The van der Waals surface area contributed by atoms with E-state index in [9.17, 15) is 0 Å². The quantitative estimate of drug-likeness (QED) is 0.905. The fraction of sp³-hybridized carbons (Fsp3) is 0.625. The number of hydrogen-bond acceptors (Lipinski definition) is 3. The molecule has 2 unspecified atom stereocenters. The molecule has 0 bridgehead atoms. The van der Waals surface area contributed by atoms with Gasteiger partial charge in [-0.3, -0.25) is 4.90 Å². The summed E-state index contributed by atoms with van der Waals surface area (Å²) in [5.74, 6) is 0.441. The third-order valence-electron chi connectivity index (χ3n) is 3.85. The van der Waals surface area contributed by atoms with Crippen LogP contribution in [0.4, 0.5) is 0 Å². The molecule has 2 N–H and O–H groups in total. The van der Waals surface area contributed by atoms with Gasteiger partial charge < -0.3 is 10.5 Å². The predicted molar refractivity (Wildman–Crippen MR) is 79.0 cm³/mol. The van der Waals surface area contributed by atoms with Gasteiger partial charge in [0, 0.05) is 25.7 Å². The first-order chi connectivity index (χ1) is 8.98. The zero-order chi connectivity index (χ0) is 13.9. The minimum atomic E-state index is -0.0329. The van der Waals surface area contributed by atoms with E-state index in [1.54, 1.807) is 0 Å². The molecule has 2 rings (SSSR count). The fourth-order valence-corrected chi connectivity index (χ4v) is 2.79. The first kappa shape index (κ1) is 14.5. The van der Waals surface area contributed by atoms with Crippen molar-refractivity contribution in [3.63, 3.8) is 0 Å². The maximum atomic E-state index is 6.37. The van der Waals surface area contributed by atoms with Crippen LogP contribution in [0, 0.1) is 5.92 Å². The van der Waals surface area contributed by atoms with Gasteiger partial charge in [-0.2, -0.15) is 0 Å². The molecule has 106 valence electrons. The van der Waals surface area contributed by atoms with Crippen LogP contribution in [-0.4, -0.2) is 36.7 Å². The van der Waals surface area contributed by atoms with E-state index < -0.39 is 0 Å². The molecule has 2 atom stereocenters. The molecular formula is C16H26N2O. The highest BCUT2D eigenvalue weighted by Gasteiger charge is 2.28. The van der Waals surface area contributed by atoms with Crippen LogP contribution in [0.25, 0.3) is 0 Å². The van der Waals surface area contributed by atoms with Crippen molar-refractivity contribution >= 4 is 0 Å². The molecule has 1 heterocycles. The second kappa shape index (κ2) is 6.04. The highest BCUT2D eigenvalue weighted by molar-refractivity contribution is 5.19. The van der Waals surface area contributed by atoms with Crippen LogP contribution in [0.2, 0.25) is 0 Å². The van der Waals surface area contributed by atoms with Gasteiger partial charge in [-0.1, -0.05) is 37.3 Å². The van der Waals surface area contributed by atoms with E-state index in [0.717, 1.165) is 26.2 Å². The number of morpholine rings is 1. The van der Waals surface area contributed by atoms with Gasteiger partial charge in [0.15, 0.2) is 0 Å². The smallest absolute Gasteiger partial charge is 0.0753 e. The summed E-state index contributed by atoms with van der Waals surface area (Å²) in [5.41, 5.74) is 7.56. The van der Waals surface area contributed by atoms with Gasteiger partial charge in [0.25, 0.3) is 0 Å². The zero-order valence-electron chi connectivity index (χ0n) is 12.3. The summed E-state index contributed by atoms with van der Waals surface area (Å²) in [6.45, 7) is 10.4.